The molecule has 0 amide bonds. The number of hydrogen-bond donors (Lipinski definition) is 0. The predicted molar refractivity (Wildman–Crippen MR) is 251 cm³/mol. The summed E-state index contributed by atoms with van der Waals surface area (Å²) in [5.41, 5.74) is 0. The molecule has 0 aromatic heterocycles. The van der Waals surface area contributed by atoms with Gasteiger partial charge in [0.2, 0.25) is 0 Å². The molecule has 1 unspecified atom stereocenters. The lowest BCUT2D eigenvalue weighted by Crippen LogP contribution is -2.30. The van der Waals surface area contributed by atoms with E-state index in [1.807, 2.05) is 24.3 Å². The van der Waals surface area contributed by atoms with Gasteiger partial charge in [-0.15, -0.1) is 0 Å². The van der Waals surface area contributed by atoms with E-state index in [1.165, 1.54) is 0 Å². The number of rotatable bonds is 37. The number of carbonyl (C=O) groups is 3. The Kier molecular flexibility index (Phi) is 42.3. The highest BCUT2D eigenvalue weighted by Crippen LogP contribution is 2.08. The van der Waals surface area contributed by atoms with Gasteiger partial charge in [-0.05, 0) is 109 Å². The van der Waals surface area contributed by atoms with Crippen LogP contribution in [-0.4, -0.2) is 37.2 Å². The van der Waals surface area contributed by atoms with Crippen molar-refractivity contribution in [3.05, 3.63) is 146 Å². The van der Waals surface area contributed by atoms with Gasteiger partial charge >= 0.3 is 17.9 Å². The molecule has 0 N–H and O–H groups in total. The molecule has 0 bridgehead atoms. The summed E-state index contributed by atoms with van der Waals surface area (Å²) in [5.74, 6) is -1.18. The number of unbranched alkanes of at least 4 members (excludes halogenated alkanes) is 2. The number of allylic oxidation sites excluding steroid dienone is 24. The van der Waals surface area contributed by atoms with Crippen molar-refractivity contribution in [1.29, 1.82) is 0 Å². The third-order valence-electron chi connectivity index (χ3n) is 8.35. The maximum absolute atomic E-state index is 12.7. The second-order valence-electron chi connectivity index (χ2n) is 13.8. The molecule has 0 aliphatic rings. The van der Waals surface area contributed by atoms with Gasteiger partial charge in [-0.1, -0.05) is 167 Å². The summed E-state index contributed by atoms with van der Waals surface area (Å²) in [7, 11) is 0. The summed E-state index contributed by atoms with van der Waals surface area (Å²) >= 11 is 0. The SMILES string of the molecule is CC/C=C\C/C=C\C/C=C\C/C=C\CCCCC(=O)OCC(COC(=O)CC/C=C\C/C=C\C/C=C\C/C=C\CC)OC(=O)CC/C=C\C/C=C\C/C=C\C/C=C\CC. The van der Waals surface area contributed by atoms with E-state index in [2.05, 4.69) is 142 Å². The molecule has 1 atom stereocenters. The zero-order valence-electron chi connectivity index (χ0n) is 36.9. The topological polar surface area (TPSA) is 78.9 Å². The van der Waals surface area contributed by atoms with Gasteiger partial charge in [0, 0.05) is 19.3 Å². The number of hydrogen-bond acceptors (Lipinski definition) is 6. The summed E-state index contributed by atoms with van der Waals surface area (Å²) < 4.78 is 16.5. The molecular formula is C53H78O6. The molecule has 0 fully saturated rings. The van der Waals surface area contributed by atoms with Crippen molar-refractivity contribution in [2.45, 2.75) is 155 Å². The molecular weight excluding hydrogens is 733 g/mol. The van der Waals surface area contributed by atoms with E-state index in [0.717, 1.165) is 89.9 Å². The highest BCUT2D eigenvalue weighted by Gasteiger charge is 2.19. The van der Waals surface area contributed by atoms with Crippen molar-refractivity contribution < 1.29 is 28.6 Å². The molecule has 0 aliphatic carbocycles. The molecule has 0 aliphatic heterocycles. The van der Waals surface area contributed by atoms with Crippen LogP contribution < -0.4 is 0 Å². The van der Waals surface area contributed by atoms with Crippen LogP contribution in [0.1, 0.15) is 149 Å². The quantitative estimate of drug-likeness (QED) is 0.0269. The molecule has 0 heterocycles. The first-order valence-corrected chi connectivity index (χ1v) is 22.3. The van der Waals surface area contributed by atoms with Crippen LogP contribution in [0.15, 0.2) is 146 Å². The van der Waals surface area contributed by atoms with Gasteiger partial charge in [0.15, 0.2) is 6.10 Å². The van der Waals surface area contributed by atoms with E-state index in [4.69, 9.17) is 14.2 Å². The maximum Gasteiger partial charge on any atom is 0.306 e. The minimum atomic E-state index is -0.866. The summed E-state index contributed by atoms with van der Waals surface area (Å²) in [6.45, 7) is 6.07. The van der Waals surface area contributed by atoms with E-state index in [9.17, 15) is 14.4 Å². The largest absolute Gasteiger partial charge is 0.462 e. The first kappa shape index (κ1) is 54.3. The predicted octanol–water partition coefficient (Wildman–Crippen LogP) is 14.5. The zero-order valence-corrected chi connectivity index (χ0v) is 36.9. The summed E-state index contributed by atoms with van der Waals surface area (Å²) in [6, 6.07) is 0. The second kappa shape index (κ2) is 46.0. The van der Waals surface area contributed by atoms with Gasteiger partial charge in [0.05, 0.1) is 0 Å². The fourth-order valence-electron chi connectivity index (χ4n) is 5.10. The van der Waals surface area contributed by atoms with Crippen molar-refractivity contribution in [2.24, 2.45) is 0 Å². The molecule has 0 saturated carbocycles. The van der Waals surface area contributed by atoms with Gasteiger partial charge in [0.25, 0.3) is 0 Å². The summed E-state index contributed by atoms with van der Waals surface area (Å²) in [4.78, 5) is 37.7. The van der Waals surface area contributed by atoms with Crippen LogP contribution in [0.4, 0.5) is 0 Å². The Hall–Kier alpha value is -4.71. The van der Waals surface area contributed by atoms with Crippen molar-refractivity contribution in [3.8, 4) is 0 Å². The third kappa shape index (κ3) is 44.2. The maximum atomic E-state index is 12.7. The van der Waals surface area contributed by atoms with Crippen molar-refractivity contribution >= 4 is 17.9 Å². The third-order valence-corrected chi connectivity index (χ3v) is 8.35. The Balaban J connectivity index is 4.69. The first-order chi connectivity index (χ1) is 29.0. The highest BCUT2D eigenvalue weighted by molar-refractivity contribution is 5.71. The minimum absolute atomic E-state index is 0.157. The summed E-state index contributed by atoms with van der Waals surface area (Å²) in [5, 5.41) is 0. The second-order valence-corrected chi connectivity index (χ2v) is 13.8. The lowest BCUT2D eigenvalue weighted by Gasteiger charge is -2.18. The Morgan fingerprint density at radius 3 is 0.983 bits per heavy atom. The number of carbonyl (C=O) groups excluding carboxylic acids is 3. The number of ether oxygens (including phenoxy) is 3. The van der Waals surface area contributed by atoms with E-state index < -0.39 is 18.0 Å². The van der Waals surface area contributed by atoms with Gasteiger partial charge < -0.3 is 14.2 Å². The Morgan fingerprint density at radius 1 is 0.339 bits per heavy atom. The molecule has 0 aromatic rings. The van der Waals surface area contributed by atoms with E-state index in [-0.39, 0.29) is 38.4 Å². The van der Waals surface area contributed by atoms with Crippen LogP contribution in [0.2, 0.25) is 0 Å². The van der Waals surface area contributed by atoms with Gasteiger partial charge in [-0.25, -0.2) is 0 Å². The van der Waals surface area contributed by atoms with Gasteiger partial charge in [-0.3, -0.25) is 14.4 Å². The van der Waals surface area contributed by atoms with Crippen LogP contribution in [0.5, 0.6) is 0 Å². The molecule has 0 aromatic carbocycles. The number of esters is 3. The molecule has 6 heteroatoms. The van der Waals surface area contributed by atoms with Crippen LogP contribution in [0, 0.1) is 0 Å². The van der Waals surface area contributed by atoms with Crippen LogP contribution in [0.3, 0.4) is 0 Å². The standard InChI is InChI=1S/C53H78O6/c1-4-7-10-13-16-19-22-25-26-29-31-34-37-40-43-46-52(55)58-49-50(59-53(56)47-44-41-38-35-32-28-24-21-18-15-12-9-6-3)48-57-51(54)45-42-39-36-33-30-27-23-20-17-14-11-8-5-2/h7-12,16-21,25-28,30-32,34,36,38-39,41,50H,4-6,13-15,22-24,29,33,35,37,40,42-49H2,1-3H3/b10-7-,11-8-,12-9-,19-16-,20-17-,21-18-,26-25-,30-27-,32-28-,34-31-,39-36-,41-38-. The molecule has 0 saturated heterocycles. The minimum Gasteiger partial charge on any atom is -0.462 e. The smallest absolute Gasteiger partial charge is 0.306 e. The van der Waals surface area contributed by atoms with Crippen LogP contribution in [0.25, 0.3) is 0 Å². The monoisotopic (exact) mass is 811 g/mol. The van der Waals surface area contributed by atoms with E-state index in [0.29, 0.717) is 19.3 Å². The van der Waals surface area contributed by atoms with Gasteiger partial charge in [-0.2, -0.15) is 0 Å². The average molecular weight is 811 g/mol. The molecule has 0 radical (unpaired) electrons. The van der Waals surface area contributed by atoms with E-state index in [1.54, 1.807) is 0 Å². The lowest BCUT2D eigenvalue weighted by atomic mass is 10.2. The molecule has 0 spiro atoms. The average Bonchev–Trinajstić information content (AvgIpc) is 3.23. The van der Waals surface area contributed by atoms with Crippen LogP contribution >= 0.6 is 0 Å². The fourth-order valence-corrected chi connectivity index (χ4v) is 5.10. The fraction of sp³-hybridized carbons (Fsp3) is 0.491. The Morgan fingerprint density at radius 2 is 0.627 bits per heavy atom. The van der Waals surface area contributed by atoms with Crippen molar-refractivity contribution in [3.63, 3.8) is 0 Å². The zero-order chi connectivity index (χ0) is 43.0. The molecule has 59 heavy (non-hydrogen) atoms. The lowest BCUT2D eigenvalue weighted by molar-refractivity contribution is -0.166. The van der Waals surface area contributed by atoms with Crippen LogP contribution in [-0.2, 0) is 28.6 Å². The van der Waals surface area contributed by atoms with Crippen molar-refractivity contribution in [2.75, 3.05) is 13.2 Å². The van der Waals surface area contributed by atoms with Crippen molar-refractivity contribution in [1.82, 2.24) is 0 Å². The molecule has 0 rings (SSSR count). The Labute approximate surface area is 359 Å². The van der Waals surface area contributed by atoms with E-state index >= 15 is 0 Å². The van der Waals surface area contributed by atoms with Gasteiger partial charge in [0.1, 0.15) is 13.2 Å². The highest BCUT2D eigenvalue weighted by atomic mass is 16.6. The normalized spacial score (nSPS) is 13.5. The first-order valence-electron chi connectivity index (χ1n) is 22.3. The molecule has 6 nitrogen and oxygen atoms in total. The molecule has 326 valence electrons. The Bertz CT molecular complexity index is 1390. The summed E-state index contributed by atoms with van der Waals surface area (Å²) in [6.07, 6.45) is 65.7.